The van der Waals surface area contributed by atoms with Crippen LogP contribution in [-0.2, 0) is 9.59 Å². The molecule has 3 unspecified atom stereocenters. The lowest BCUT2D eigenvalue weighted by Gasteiger charge is -2.25. The highest BCUT2D eigenvalue weighted by Gasteiger charge is 2.42. The first kappa shape index (κ1) is 12.3. The van der Waals surface area contributed by atoms with Gasteiger partial charge in [0.15, 0.2) is 0 Å². The van der Waals surface area contributed by atoms with Crippen molar-refractivity contribution in [2.45, 2.75) is 38.1 Å². The molecule has 0 radical (unpaired) electrons. The van der Waals surface area contributed by atoms with Gasteiger partial charge in [0.1, 0.15) is 6.04 Å². The Labute approximate surface area is 111 Å². The third kappa shape index (κ3) is 2.13. The maximum Gasteiger partial charge on any atom is 0.327 e. The van der Waals surface area contributed by atoms with Crippen molar-refractivity contribution in [3.63, 3.8) is 0 Å². The number of carboxylic acids is 1. The molecule has 0 aromatic carbocycles. The van der Waals surface area contributed by atoms with Crippen LogP contribution in [0.4, 0.5) is 0 Å². The molecule has 3 aliphatic rings. The van der Waals surface area contributed by atoms with Crippen molar-refractivity contribution in [1.29, 1.82) is 0 Å². The van der Waals surface area contributed by atoms with Gasteiger partial charge in [0.05, 0.1) is 5.88 Å². The lowest BCUT2D eigenvalue weighted by atomic mass is 9.86. The van der Waals surface area contributed by atoms with E-state index in [4.69, 9.17) is 5.11 Å². The number of carboxylic acid groups (broad SMARTS) is 1. The molecule has 4 atom stereocenters. The van der Waals surface area contributed by atoms with Crippen LogP contribution in [0, 0.1) is 17.8 Å². The summed E-state index contributed by atoms with van der Waals surface area (Å²) in [5, 5.41) is 9.09. The molecule has 100 valence electrons. The average molecular weight is 269 g/mol. The molecule has 0 spiro atoms. The summed E-state index contributed by atoms with van der Waals surface area (Å²) >= 11 is 1.54. The van der Waals surface area contributed by atoms with Gasteiger partial charge in [-0.25, -0.2) is 4.79 Å². The van der Waals surface area contributed by atoms with E-state index in [1.807, 2.05) is 0 Å². The fourth-order valence-electron chi connectivity index (χ4n) is 3.86. The summed E-state index contributed by atoms with van der Waals surface area (Å²) < 4.78 is 0. The lowest BCUT2D eigenvalue weighted by Crippen LogP contribution is -2.42. The van der Waals surface area contributed by atoms with Crippen molar-refractivity contribution < 1.29 is 14.7 Å². The monoisotopic (exact) mass is 269 g/mol. The van der Waals surface area contributed by atoms with Gasteiger partial charge in [-0.3, -0.25) is 4.79 Å². The van der Waals surface area contributed by atoms with Crippen LogP contribution in [0.15, 0.2) is 0 Å². The molecule has 0 aromatic heterocycles. The Hall–Kier alpha value is -0.710. The maximum atomic E-state index is 12.2. The molecule has 2 aliphatic carbocycles. The van der Waals surface area contributed by atoms with Gasteiger partial charge in [-0.1, -0.05) is 6.42 Å². The normalized spacial score (nSPS) is 38.3. The van der Waals surface area contributed by atoms with Gasteiger partial charge in [-0.05, 0) is 37.0 Å². The van der Waals surface area contributed by atoms with Crippen LogP contribution in [0.3, 0.4) is 0 Å². The third-order valence-electron chi connectivity index (χ3n) is 4.81. The van der Waals surface area contributed by atoms with Crippen LogP contribution in [0.5, 0.6) is 0 Å². The van der Waals surface area contributed by atoms with Crippen LogP contribution in [0.2, 0.25) is 0 Å². The molecule has 5 heteroatoms. The van der Waals surface area contributed by atoms with Crippen molar-refractivity contribution in [2.75, 3.05) is 11.6 Å². The van der Waals surface area contributed by atoms with Crippen LogP contribution in [0.1, 0.15) is 32.1 Å². The SMILES string of the molecule is O=C(O)[C@@H]1CSCN1C(=O)CC1CC2CCC1C2. The number of fused-ring (bicyclic) bond motifs is 2. The van der Waals surface area contributed by atoms with Gasteiger partial charge in [0.2, 0.25) is 5.91 Å². The Balaban J connectivity index is 1.59. The van der Waals surface area contributed by atoms with Crippen LogP contribution >= 0.6 is 11.8 Å². The van der Waals surface area contributed by atoms with E-state index in [1.54, 1.807) is 16.7 Å². The van der Waals surface area contributed by atoms with Crippen molar-refractivity contribution in [3.8, 4) is 0 Å². The zero-order valence-corrected chi connectivity index (χ0v) is 11.2. The largest absolute Gasteiger partial charge is 0.480 e. The highest BCUT2D eigenvalue weighted by atomic mass is 32.2. The van der Waals surface area contributed by atoms with E-state index in [1.165, 1.54) is 25.7 Å². The smallest absolute Gasteiger partial charge is 0.327 e. The fraction of sp³-hybridized carbons (Fsp3) is 0.846. The predicted octanol–water partition coefficient (Wildman–Crippen LogP) is 1.80. The molecule has 4 nitrogen and oxygen atoms in total. The van der Waals surface area contributed by atoms with E-state index >= 15 is 0 Å². The zero-order chi connectivity index (χ0) is 12.7. The number of hydrogen-bond donors (Lipinski definition) is 1. The molecule has 1 N–H and O–H groups in total. The first-order chi connectivity index (χ1) is 8.65. The van der Waals surface area contributed by atoms with Crippen LogP contribution in [0.25, 0.3) is 0 Å². The molecular formula is C13H19NO3S. The second-order valence-corrected chi connectivity index (χ2v) is 6.86. The number of rotatable bonds is 3. The number of nitrogens with zero attached hydrogens (tertiary/aromatic N) is 1. The van der Waals surface area contributed by atoms with Crippen molar-refractivity contribution in [3.05, 3.63) is 0 Å². The van der Waals surface area contributed by atoms with Gasteiger partial charge in [0, 0.05) is 12.2 Å². The Morgan fingerprint density at radius 2 is 2.11 bits per heavy atom. The van der Waals surface area contributed by atoms with E-state index in [-0.39, 0.29) is 5.91 Å². The first-order valence-corrected chi connectivity index (χ1v) is 7.90. The van der Waals surface area contributed by atoms with E-state index in [9.17, 15) is 9.59 Å². The standard InChI is InChI=1S/C13H19NO3S/c15-12(14-7-18-6-11(14)13(16)17)5-10-4-8-1-2-9(10)3-8/h8-11H,1-7H2,(H,16,17)/t8?,9?,10?,11-/m0/s1. The molecule has 3 rings (SSSR count). The molecule has 18 heavy (non-hydrogen) atoms. The number of thioether (sulfide) groups is 1. The Morgan fingerprint density at radius 3 is 2.72 bits per heavy atom. The van der Waals surface area contributed by atoms with E-state index in [2.05, 4.69) is 0 Å². The van der Waals surface area contributed by atoms with E-state index in [0.717, 1.165) is 11.8 Å². The summed E-state index contributed by atoms with van der Waals surface area (Å²) in [6, 6.07) is -0.596. The van der Waals surface area contributed by atoms with E-state index in [0.29, 0.717) is 24.0 Å². The Bertz CT molecular complexity index is 373. The molecule has 1 amide bonds. The summed E-state index contributed by atoms with van der Waals surface area (Å²) in [6.07, 6.45) is 5.68. The molecule has 2 saturated carbocycles. The minimum absolute atomic E-state index is 0.0601. The van der Waals surface area contributed by atoms with E-state index < -0.39 is 12.0 Å². The summed E-state index contributed by atoms with van der Waals surface area (Å²) in [5.74, 6) is 2.39. The number of amides is 1. The number of carbonyl (C=O) groups is 2. The van der Waals surface area contributed by atoms with Gasteiger partial charge in [0.25, 0.3) is 0 Å². The summed E-state index contributed by atoms with van der Waals surface area (Å²) in [4.78, 5) is 24.9. The van der Waals surface area contributed by atoms with Crippen molar-refractivity contribution in [1.82, 2.24) is 4.90 Å². The lowest BCUT2D eigenvalue weighted by molar-refractivity contribution is -0.148. The van der Waals surface area contributed by atoms with Gasteiger partial charge in [-0.15, -0.1) is 11.8 Å². The van der Waals surface area contributed by atoms with Gasteiger partial charge < -0.3 is 10.0 Å². The number of hydrogen-bond acceptors (Lipinski definition) is 3. The third-order valence-corrected chi connectivity index (χ3v) is 5.82. The molecule has 1 saturated heterocycles. The second kappa shape index (κ2) is 4.76. The maximum absolute atomic E-state index is 12.2. The molecule has 3 fully saturated rings. The first-order valence-electron chi connectivity index (χ1n) is 6.75. The van der Waals surface area contributed by atoms with Crippen molar-refractivity contribution in [2.24, 2.45) is 17.8 Å². The highest BCUT2D eigenvalue weighted by molar-refractivity contribution is 7.99. The van der Waals surface area contributed by atoms with Gasteiger partial charge >= 0.3 is 5.97 Å². The molecule has 1 heterocycles. The number of carbonyl (C=O) groups excluding carboxylic acids is 1. The van der Waals surface area contributed by atoms with Crippen molar-refractivity contribution >= 4 is 23.6 Å². The summed E-state index contributed by atoms with van der Waals surface area (Å²) in [7, 11) is 0. The quantitative estimate of drug-likeness (QED) is 0.849. The summed E-state index contributed by atoms with van der Waals surface area (Å²) in [5.41, 5.74) is 0. The fourth-order valence-corrected chi connectivity index (χ4v) is 5.03. The highest BCUT2D eigenvalue weighted by Crippen LogP contribution is 2.49. The minimum Gasteiger partial charge on any atom is -0.480 e. The number of aliphatic carboxylic acids is 1. The Morgan fingerprint density at radius 1 is 1.28 bits per heavy atom. The molecular weight excluding hydrogens is 250 g/mol. The molecule has 0 aromatic rings. The Kier molecular flexibility index (Phi) is 3.26. The summed E-state index contributed by atoms with van der Waals surface area (Å²) in [6.45, 7) is 0. The van der Waals surface area contributed by atoms with Gasteiger partial charge in [-0.2, -0.15) is 0 Å². The zero-order valence-electron chi connectivity index (χ0n) is 10.4. The second-order valence-electron chi connectivity index (χ2n) is 5.86. The van der Waals surface area contributed by atoms with Crippen LogP contribution < -0.4 is 0 Å². The van der Waals surface area contributed by atoms with Crippen LogP contribution in [-0.4, -0.2) is 39.6 Å². The average Bonchev–Trinajstić information content (AvgIpc) is 3.04. The molecule has 2 bridgehead atoms. The topological polar surface area (TPSA) is 57.6 Å². The predicted molar refractivity (Wildman–Crippen MR) is 69.1 cm³/mol. The molecule has 1 aliphatic heterocycles. The minimum atomic E-state index is -0.860.